The summed E-state index contributed by atoms with van der Waals surface area (Å²) in [6.07, 6.45) is 5.89. The van der Waals surface area contributed by atoms with Crippen molar-refractivity contribution >= 4 is 29.4 Å². The van der Waals surface area contributed by atoms with E-state index in [0.29, 0.717) is 25.0 Å². The lowest BCUT2D eigenvalue weighted by molar-refractivity contribution is -0.139. The average molecular weight is 499 g/mol. The molecule has 1 aliphatic heterocycles. The van der Waals surface area contributed by atoms with Crippen LogP contribution >= 0.6 is 11.6 Å². The number of aryl methyl sites for hydroxylation is 1. The third-order valence-electron chi connectivity index (χ3n) is 5.79. The van der Waals surface area contributed by atoms with Crippen molar-refractivity contribution in [2.45, 2.75) is 44.1 Å². The number of rotatable bonds is 9. The normalized spacial score (nSPS) is 17.1. The molecule has 3 N–H and O–H groups in total. The summed E-state index contributed by atoms with van der Waals surface area (Å²) in [6.45, 7) is 4.88. The molecule has 0 spiro atoms. The van der Waals surface area contributed by atoms with Gasteiger partial charge in [0.15, 0.2) is 0 Å². The van der Waals surface area contributed by atoms with E-state index in [1.807, 2.05) is 25.1 Å². The summed E-state index contributed by atoms with van der Waals surface area (Å²) in [5, 5.41) is 15.4. The quantitative estimate of drug-likeness (QED) is 0.384. The number of benzene rings is 1. The number of alkyl halides is 1. The average Bonchev–Trinajstić information content (AvgIpc) is 3.52. The first-order chi connectivity index (χ1) is 16.7. The van der Waals surface area contributed by atoms with Gasteiger partial charge in [0.2, 0.25) is 5.95 Å². The van der Waals surface area contributed by atoms with Crippen molar-refractivity contribution < 1.29 is 19.4 Å². The summed E-state index contributed by atoms with van der Waals surface area (Å²) in [4.78, 5) is 35.9. The minimum atomic E-state index is -1.44. The van der Waals surface area contributed by atoms with E-state index in [1.165, 1.54) is 13.3 Å². The van der Waals surface area contributed by atoms with Gasteiger partial charge in [0, 0.05) is 37.5 Å². The van der Waals surface area contributed by atoms with Crippen molar-refractivity contribution in [1.29, 1.82) is 0 Å². The summed E-state index contributed by atoms with van der Waals surface area (Å²) in [7, 11) is 0. The minimum absolute atomic E-state index is 0.126. The lowest BCUT2D eigenvalue weighted by Gasteiger charge is -2.19. The number of nitrogens with zero attached hydrogens (tertiary/aromatic N) is 4. The van der Waals surface area contributed by atoms with Gasteiger partial charge < -0.3 is 20.5 Å². The highest BCUT2D eigenvalue weighted by Gasteiger charge is 2.31. The number of carbonyl (C=O) groups excluding carboxylic acids is 1. The molecular formula is C24H27ClN6O4. The van der Waals surface area contributed by atoms with Gasteiger partial charge in [-0.2, -0.15) is 4.98 Å². The second-order valence-electron chi connectivity index (χ2n) is 8.70. The molecule has 1 saturated heterocycles. The van der Waals surface area contributed by atoms with Crippen LogP contribution in [0.2, 0.25) is 0 Å². The summed E-state index contributed by atoms with van der Waals surface area (Å²) in [5.41, 5.74) is 2.60. The molecule has 1 aliphatic rings. The Kier molecular flexibility index (Phi) is 7.32. The van der Waals surface area contributed by atoms with Crippen LogP contribution in [0.5, 0.6) is 0 Å². The van der Waals surface area contributed by atoms with E-state index in [-0.39, 0.29) is 30.6 Å². The van der Waals surface area contributed by atoms with Crippen molar-refractivity contribution in [2.24, 2.45) is 0 Å². The van der Waals surface area contributed by atoms with Crippen LogP contribution in [-0.2, 0) is 22.5 Å². The van der Waals surface area contributed by atoms with Gasteiger partial charge >= 0.3 is 5.97 Å². The van der Waals surface area contributed by atoms with E-state index in [2.05, 4.69) is 25.6 Å². The first-order valence-electron chi connectivity index (χ1n) is 11.2. The molecule has 11 heteroatoms. The monoisotopic (exact) mass is 498 g/mol. The van der Waals surface area contributed by atoms with E-state index < -0.39 is 10.8 Å². The fraction of sp³-hybridized carbons (Fsp3) is 0.375. The topological polar surface area (TPSA) is 131 Å². The van der Waals surface area contributed by atoms with Gasteiger partial charge in [-0.15, -0.1) is 11.6 Å². The van der Waals surface area contributed by atoms with E-state index in [9.17, 15) is 14.7 Å². The number of anilines is 1. The van der Waals surface area contributed by atoms with Gasteiger partial charge in [-0.3, -0.25) is 14.2 Å². The molecule has 1 amide bonds. The third-order valence-corrected chi connectivity index (χ3v) is 6.09. The number of amides is 1. The third kappa shape index (κ3) is 5.95. The second-order valence-corrected chi connectivity index (χ2v) is 9.54. The Morgan fingerprint density at radius 1 is 1.29 bits per heavy atom. The van der Waals surface area contributed by atoms with Crippen molar-refractivity contribution in [3.63, 3.8) is 0 Å². The predicted molar refractivity (Wildman–Crippen MR) is 130 cm³/mol. The maximum atomic E-state index is 12.8. The molecule has 184 valence electrons. The van der Waals surface area contributed by atoms with Crippen LogP contribution in [0.25, 0.3) is 5.82 Å². The number of imidazole rings is 1. The zero-order valence-electron chi connectivity index (χ0n) is 19.5. The Bertz CT molecular complexity index is 1220. The molecule has 3 aromatic rings. The molecule has 0 radical (unpaired) electrons. The smallest absolute Gasteiger partial charge is 0.324 e. The number of hydrogen-bond donors (Lipinski definition) is 3. The van der Waals surface area contributed by atoms with Crippen molar-refractivity contribution in [3.8, 4) is 5.82 Å². The van der Waals surface area contributed by atoms with Gasteiger partial charge in [-0.25, -0.2) is 9.97 Å². The summed E-state index contributed by atoms with van der Waals surface area (Å²) in [6, 6.07) is 7.44. The molecule has 0 aliphatic carbocycles. The van der Waals surface area contributed by atoms with Crippen LogP contribution in [0, 0.1) is 6.92 Å². The molecule has 0 bridgehead atoms. The number of ether oxygens (including phenoxy) is 1. The van der Waals surface area contributed by atoms with Gasteiger partial charge in [0.05, 0.1) is 12.6 Å². The Hall–Kier alpha value is -3.50. The number of carbonyl (C=O) groups is 2. The Balaban J connectivity index is 1.44. The molecule has 2 aromatic heterocycles. The molecule has 1 fully saturated rings. The molecule has 35 heavy (non-hydrogen) atoms. The predicted octanol–water partition coefficient (Wildman–Crippen LogP) is 2.73. The number of carboxylic acid groups (broad SMARTS) is 1. The highest BCUT2D eigenvalue weighted by atomic mass is 35.5. The van der Waals surface area contributed by atoms with Gasteiger partial charge in [0.1, 0.15) is 22.7 Å². The van der Waals surface area contributed by atoms with Crippen LogP contribution in [0.3, 0.4) is 0 Å². The van der Waals surface area contributed by atoms with E-state index in [1.54, 1.807) is 23.0 Å². The minimum Gasteiger partial charge on any atom is -0.480 e. The number of halogens is 1. The molecule has 4 rings (SSSR count). The van der Waals surface area contributed by atoms with Crippen LogP contribution in [0.15, 0.2) is 43.0 Å². The Labute approximate surface area is 207 Å². The van der Waals surface area contributed by atoms with Crippen LogP contribution in [0.1, 0.15) is 40.5 Å². The van der Waals surface area contributed by atoms with Crippen LogP contribution in [0.4, 0.5) is 5.95 Å². The fourth-order valence-corrected chi connectivity index (χ4v) is 3.90. The highest BCUT2D eigenvalue weighted by molar-refractivity contribution is 6.33. The molecule has 1 aromatic carbocycles. The zero-order chi connectivity index (χ0) is 25.0. The maximum absolute atomic E-state index is 12.8. The first kappa shape index (κ1) is 24.6. The van der Waals surface area contributed by atoms with E-state index in [4.69, 9.17) is 16.3 Å². The Morgan fingerprint density at radius 2 is 2.06 bits per heavy atom. The van der Waals surface area contributed by atoms with Crippen molar-refractivity contribution in [2.75, 3.05) is 18.5 Å². The van der Waals surface area contributed by atoms with Crippen molar-refractivity contribution in [3.05, 3.63) is 65.4 Å². The Morgan fingerprint density at radius 3 is 2.77 bits per heavy atom. The number of carboxylic acids is 1. The molecule has 10 nitrogen and oxygen atoms in total. The highest BCUT2D eigenvalue weighted by Crippen LogP contribution is 2.23. The van der Waals surface area contributed by atoms with E-state index >= 15 is 0 Å². The molecular weight excluding hydrogens is 472 g/mol. The molecule has 2 unspecified atom stereocenters. The lowest BCUT2D eigenvalue weighted by atomic mass is 9.96. The standard InChI is InChI=1S/C24H27ClN6O4/c1-15-10-27-23(29-18-7-8-35-13-18)30-20(15)31-12-19(28-14-31)21(32)26-11-17-6-4-3-5-16(17)9-24(2,25)22(33)34/h3-6,10,12,14,18H,7-9,11,13H2,1-2H3,(H,26,32)(H,33,34)(H,27,29,30). The number of aromatic nitrogens is 4. The second kappa shape index (κ2) is 10.4. The SMILES string of the molecule is Cc1cnc(NC2CCOC2)nc1-n1cnc(C(=O)NCc2ccccc2CC(C)(Cl)C(=O)O)c1. The summed E-state index contributed by atoms with van der Waals surface area (Å²) in [5.74, 6) is -0.351. The first-order valence-corrected chi connectivity index (χ1v) is 11.6. The molecule has 2 atom stereocenters. The lowest BCUT2D eigenvalue weighted by Crippen LogP contribution is -2.32. The van der Waals surface area contributed by atoms with Crippen molar-refractivity contribution in [1.82, 2.24) is 24.8 Å². The number of nitrogens with one attached hydrogen (secondary N) is 2. The van der Waals surface area contributed by atoms with Gasteiger partial charge in [-0.1, -0.05) is 24.3 Å². The summed E-state index contributed by atoms with van der Waals surface area (Å²) < 4.78 is 7.07. The van der Waals surface area contributed by atoms with E-state index in [0.717, 1.165) is 23.1 Å². The van der Waals surface area contributed by atoms with Crippen LogP contribution in [-0.4, -0.2) is 60.6 Å². The van der Waals surface area contributed by atoms with Gasteiger partial charge in [-0.05, 0) is 31.4 Å². The number of hydrogen-bond acceptors (Lipinski definition) is 7. The molecule has 3 heterocycles. The number of aliphatic carboxylic acids is 1. The van der Waals surface area contributed by atoms with Crippen LogP contribution < -0.4 is 10.6 Å². The fourth-order valence-electron chi connectivity index (χ4n) is 3.75. The van der Waals surface area contributed by atoms with Gasteiger partial charge in [0.25, 0.3) is 5.91 Å². The molecule has 0 saturated carbocycles. The zero-order valence-corrected chi connectivity index (χ0v) is 20.2. The maximum Gasteiger partial charge on any atom is 0.324 e. The largest absolute Gasteiger partial charge is 0.480 e. The summed E-state index contributed by atoms with van der Waals surface area (Å²) >= 11 is 6.15.